The highest BCUT2D eigenvalue weighted by atomic mass is 19.1. The molecular weight excluding hydrogens is 239 g/mol. The van der Waals surface area contributed by atoms with Gasteiger partial charge in [0.2, 0.25) is 0 Å². The van der Waals surface area contributed by atoms with E-state index >= 15 is 0 Å². The van der Waals surface area contributed by atoms with Crippen molar-refractivity contribution in [1.82, 2.24) is 9.13 Å². The molecule has 2 heterocycles. The first-order valence-electron chi connectivity index (χ1n) is 6.29. The standard InChI is InChI=1S/C16H13FN2/c1-18-13-6-4-3-5-11(13)15-16(18)12-9-10(17)7-8-14(12)19(15)2/h3-9H,1-2H3. The van der Waals surface area contributed by atoms with Crippen LogP contribution in [0.2, 0.25) is 0 Å². The summed E-state index contributed by atoms with van der Waals surface area (Å²) in [6, 6.07) is 13.3. The van der Waals surface area contributed by atoms with Gasteiger partial charge < -0.3 is 9.13 Å². The van der Waals surface area contributed by atoms with Crippen molar-refractivity contribution in [1.29, 1.82) is 0 Å². The van der Waals surface area contributed by atoms with Crippen molar-refractivity contribution in [3.63, 3.8) is 0 Å². The van der Waals surface area contributed by atoms with Crippen molar-refractivity contribution in [3.8, 4) is 0 Å². The van der Waals surface area contributed by atoms with Gasteiger partial charge in [0.15, 0.2) is 0 Å². The van der Waals surface area contributed by atoms with Crippen LogP contribution < -0.4 is 0 Å². The second-order valence-electron chi connectivity index (χ2n) is 4.99. The van der Waals surface area contributed by atoms with Crippen LogP contribution in [0.3, 0.4) is 0 Å². The predicted octanol–water partition coefficient (Wildman–Crippen LogP) is 3.96. The Hall–Kier alpha value is -2.29. The average Bonchev–Trinajstić information content (AvgIpc) is 2.86. The minimum atomic E-state index is -0.190. The lowest BCUT2D eigenvalue weighted by molar-refractivity contribution is 0.629. The van der Waals surface area contributed by atoms with E-state index in [-0.39, 0.29) is 5.82 Å². The maximum Gasteiger partial charge on any atom is 0.124 e. The Morgan fingerprint density at radius 3 is 2.21 bits per heavy atom. The largest absolute Gasteiger partial charge is 0.342 e. The number of nitrogens with zero attached hydrogens (tertiary/aromatic N) is 2. The fourth-order valence-corrected chi connectivity index (χ4v) is 3.13. The Labute approximate surface area is 109 Å². The molecule has 2 aromatic heterocycles. The fourth-order valence-electron chi connectivity index (χ4n) is 3.13. The van der Waals surface area contributed by atoms with Gasteiger partial charge in [0.25, 0.3) is 0 Å². The highest BCUT2D eigenvalue weighted by molar-refractivity contribution is 6.17. The van der Waals surface area contributed by atoms with E-state index in [0.717, 1.165) is 16.4 Å². The molecule has 4 rings (SSSR count). The normalized spacial score (nSPS) is 11.9. The first-order chi connectivity index (χ1) is 9.18. The average molecular weight is 252 g/mol. The maximum atomic E-state index is 13.5. The smallest absolute Gasteiger partial charge is 0.124 e. The zero-order chi connectivity index (χ0) is 13.1. The molecular formula is C16H13FN2. The Kier molecular flexibility index (Phi) is 1.89. The van der Waals surface area contributed by atoms with Gasteiger partial charge in [0, 0.05) is 24.9 Å². The molecule has 0 fully saturated rings. The number of halogens is 1. The van der Waals surface area contributed by atoms with Crippen LogP contribution in [0.15, 0.2) is 42.5 Å². The second kappa shape index (κ2) is 3.38. The van der Waals surface area contributed by atoms with Crippen LogP contribution in [-0.4, -0.2) is 9.13 Å². The van der Waals surface area contributed by atoms with Gasteiger partial charge in [-0.25, -0.2) is 4.39 Å². The Morgan fingerprint density at radius 2 is 1.42 bits per heavy atom. The van der Waals surface area contributed by atoms with Crippen LogP contribution in [0.5, 0.6) is 0 Å². The highest BCUT2D eigenvalue weighted by Gasteiger charge is 2.16. The number of hydrogen-bond donors (Lipinski definition) is 0. The lowest BCUT2D eigenvalue weighted by Crippen LogP contribution is -1.87. The van der Waals surface area contributed by atoms with Gasteiger partial charge >= 0.3 is 0 Å². The van der Waals surface area contributed by atoms with Crippen molar-refractivity contribution < 1.29 is 4.39 Å². The van der Waals surface area contributed by atoms with E-state index in [9.17, 15) is 4.39 Å². The quantitative estimate of drug-likeness (QED) is 0.448. The Morgan fingerprint density at radius 1 is 0.789 bits per heavy atom. The van der Waals surface area contributed by atoms with Crippen molar-refractivity contribution in [3.05, 3.63) is 48.3 Å². The summed E-state index contributed by atoms with van der Waals surface area (Å²) in [6.45, 7) is 0. The third kappa shape index (κ3) is 1.19. The summed E-state index contributed by atoms with van der Waals surface area (Å²) in [4.78, 5) is 0. The summed E-state index contributed by atoms with van der Waals surface area (Å²) in [6.07, 6.45) is 0. The summed E-state index contributed by atoms with van der Waals surface area (Å²) >= 11 is 0. The molecule has 0 saturated carbocycles. The van der Waals surface area contributed by atoms with E-state index in [2.05, 4.69) is 21.3 Å². The number of rotatable bonds is 0. The van der Waals surface area contributed by atoms with Crippen LogP contribution in [0.25, 0.3) is 32.8 Å². The van der Waals surface area contributed by atoms with Crippen LogP contribution in [0, 0.1) is 5.82 Å². The molecule has 0 unspecified atom stereocenters. The van der Waals surface area contributed by atoms with Crippen molar-refractivity contribution >= 4 is 32.8 Å². The third-order valence-corrected chi connectivity index (χ3v) is 3.99. The minimum Gasteiger partial charge on any atom is -0.342 e. The van der Waals surface area contributed by atoms with Crippen LogP contribution in [-0.2, 0) is 14.1 Å². The SMILES string of the molecule is Cn1c2ccc(F)cc2c2c1c1ccccc1n2C. The molecule has 3 heteroatoms. The van der Waals surface area contributed by atoms with Crippen molar-refractivity contribution in [2.75, 3.05) is 0 Å². The van der Waals surface area contributed by atoms with E-state index in [1.54, 1.807) is 6.07 Å². The zero-order valence-corrected chi connectivity index (χ0v) is 10.8. The van der Waals surface area contributed by atoms with Crippen LogP contribution in [0.4, 0.5) is 4.39 Å². The van der Waals surface area contributed by atoms with E-state index < -0.39 is 0 Å². The van der Waals surface area contributed by atoms with E-state index in [1.807, 2.05) is 32.3 Å². The summed E-state index contributed by atoms with van der Waals surface area (Å²) in [7, 11) is 4.07. The van der Waals surface area contributed by atoms with Crippen LogP contribution in [0.1, 0.15) is 0 Å². The van der Waals surface area contributed by atoms with E-state index in [0.29, 0.717) is 0 Å². The molecule has 19 heavy (non-hydrogen) atoms. The predicted molar refractivity (Wildman–Crippen MR) is 76.9 cm³/mol. The van der Waals surface area contributed by atoms with Gasteiger partial charge in [-0.15, -0.1) is 0 Å². The molecule has 0 spiro atoms. The summed E-state index contributed by atoms with van der Waals surface area (Å²) in [5, 5.41) is 2.18. The summed E-state index contributed by atoms with van der Waals surface area (Å²) in [5.41, 5.74) is 4.50. The molecule has 0 N–H and O–H groups in total. The number of benzene rings is 2. The number of aryl methyl sites for hydroxylation is 2. The molecule has 0 bridgehead atoms. The van der Waals surface area contributed by atoms with E-state index in [4.69, 9.17) is 0 Å². The number of fused-ring (bicyclic) bond motifs is 5. The third-order valence-electron chi connectivity index (χ3n) is 3.99. The lowest BCUT2D eigenvalue weighted by atomic mass is 10.2. The Balaban J connectivity index is 2.41. The van der Waals surface area contributed by atoms with Gasteiger partial charge in [-0.1, -0.05) is 18.2 Å². The molecule has 0 saturated heterocycles. The number of para-hydroxylation sites is 1. The number of aromatic nitrogens is 2. The second-order valence-corrected chi connectivity index (χ2v) is 4.99. The first kappa shape index (κ1) is 10.6. The van der Waals surface area contributed by atoms with Gasteiger partial charge in [0.05, 0.1) is 22.1 Å². The van der Waals surface area contributed by atoms with Gasteiger partial charge in [-0.2, -0.15) is 0 Å². The highest BCUT2D eigenvalue weighted by Crippen LogP contribution is 2.35. The number of hydrogen-bond acceptors (Lipinski definition) is 0. The van der Waals surface area contributed by atoms with Gasteiger partial charge in [0.1, 0.15) is 5.82 Å². The van der Waals surface area contributed by atoms with E-state index in [1.165, 1.54) is 22.5 Å². The first-order valence-corrected chi connectivity index (χ1v) is 6.29. The van der Waals surface area contributed by atoms with Crippen molar-refractivity contribution in [2.24, 2.45) is 14.1 Å². The zero-order valence-electron chi connectivity index (χ0n) is 10.8. The Bertz CT molecular complexity index is 944. The molecule has 0 aliphatic carbocycles. The summed E-state index contributed by atoms with van der Waals surface area (Å²) in [5.74, 6) is -0.190. The molecule has 0 aliphatic rings. The van der Waals surface area contributed by atoms with Gasteiger partial charge in [-0.3, -0.25) is 0 Å². The van der Waals surface area contributed by atoms with Crippen molar-refractivity contribution in [2.45, 2.75) is 0 Å². The molecule has 0 radical (unpaired) electrons. The summed E-state index contributed by atoms with van der Waals surface area (Å²) < 4.78 is 17.8. The van der Waals surface area contributed by atoms with Gasteiger partial charge in [-0.05, 0) is 24.3 Å². The van der Waals surface area contributed by atoms with Crippen LogP contribution >= 0.6 is 0 Å². The molecule has 2 aromatic carbocycles. The molecule has 4 aromatic rings. The molecule has 2 nitrogen and oxygen atoms in total. The lowest BCUT2D eigenvalue weighted by Gasteiger charge is -2.00. The minimum absolute atomic E-state index is 0.190. The molecule has 0 amide bonds. The fraction of sp³-hybridized carbons (Fsp3) is 0.125. The molecule has 0 atom stereocenters. The monoisotopic (exact) mass is 252 g/mol. The maximum absolute atomic E-state index is 13.5. The topological polar surface area (TPSA) is 9.86 Å². The molecule has 0 aliphatic heterocycles. The molecule has 94 valence electrons.